The van der Waals surface area contributed by atoms with Crippen LogP contribution in [0.25, 0.3) is 10.9 Å². The molecule has 0 saturated carbocycles. The molecule has 0 aliphatic carbocycles. The Balaban J connectivity index is 1.44. The number of carbonyl (C=O) groups excluding carboxylic acids is 1. The van der Waals surface area contributed by atoms with Gasteiger partial charge in [0.2, 0.25) is 11.7 Å². The van der Waals surface area contributed by atoms with Crippen LogP contribution in [0, 0.1) is 22.9 Å². The quantitative estimate of drug-likeness (QED) is 0.125. The number of rotatable bonds is 9. The van der Waals surface area contributed by atoms with Crippen molar-refractivity contribution in [3.63, 3.8) is 0 Å². The molecule has 1 aromatic carbocycles. The molecule has 0 aliphatic heterocycles. The van der Waals surface area contributed by atoms with Crippen LogP contribution in [0.5, 0.6) is 0 Å². The SMILES string of the molecule is Cc1nc([N+](=O)[O-])c(C[N+](C)(C)CC=CC(=O)Nc2cc3c(Nc4ccc(F)c(Br)c4)ncnc3cn2)n1C. The van der Waals surface area contributed by atoms with E-state index < -0.39 is 10.8 Å². The van der Waals surface area contributed by atoms with E-state index in [9.17, 15) is 19.3 Å². The van der Waals surface area contributed by atoms with Crippen molar-refractivity contribution in [3.05, 3.63) is 80.9 Å². The number of aryl methyl sites for hydroxylation is 1. The Labute approximate surface area is 231 Å². The summed E-state index contributed by atoms with van der Waals surface area (Å²) in [6, 6.07) is 6.14. The van der Waals surface area contributed by atoms with E-state index >= 15 is 0 Å². The zero-order valence-electron chi connectivity index (χ0n) is 21.6. The number of imidazole rings is 1. The summed E-state index contributed by atoms with van der Waals surface area (Å²) in [6.45, 7) is 2.51. The molecule has 2 N–H and O–H groups in total. The number of nitrogens with zero attached hydrogens (tertiary/aromatic N) is 7. The van der Waals surface area contributed by atoms with Gasteiger partial charge in [-0.25, -0.2) is 19.3 Å². The minimum Gasteiger partial charge on any atom is -0.358 e. The van der Waals surface area contributed by atoms with Crippen molar-refractivity contribution in [2.75, 3.05) is 31.3 Å². The van der Waals surface area contributed by atoms with Gasteiger partial charge in [0.25, 0.3) is 0 Å². The molecule has 0 spiro atoms. The van der Waals surface area contributed by atoms with Crippen molar-refractivity contribution in [1.82, 2.24) is 24.5 Å². The fraction of sp³-hybridized carbons (Fsp3) is 0.240. The standard InChI is InChI=1S/C25H25BrFN9O3/c1-15-31-25(35(38)39)21(34(15)2)13-36(3,4)9-5-6-23(37)33-22-11-17-20(12-28-22)29-14-30-24(17)32-16-7-8-19(27)18(26)10-16/h5-8,10-12,14H,9,13H2,1-4H3,(H-,28,29,30,32,33,37)/p+1. The maximum Gasteiger partial charge on any atom is 0.391 e. The van der Waals surface area contributed by atoms with Crippen molar-refractivity contribution >= 4 is 55.9 Å². The van der Waals surface area contributed by atoms with Gasteiger partial charge in [-0.15, -0.1) is 0 Å². The zero-order chi connectivity index (χ0) is 28.3. The number of nitrogens with one attached hydrogen (secondary N) is 2. The lowest BCUT2D eigenvalue weighted by Gasteiger charge is -2.28. The van der Waals surface area contributed by atoms with Crippen LogP contribution in [0.2, 0.25) is 0 Å². The second-order valence-electron chi connectivity index (χ2n) is 9.48. The average Bonchev–Trinajstić information content (AvgIpc) is 3.14. The highest BCUT2D eigenvalue weighted by Crippen LogP contribution is 2.27. The molecule has 0 atom stereocenters. The summed E-state index contributed by atoms with van der Waals surface area (Å²) in [5, 5.41) is 17.9. The molecule has 1 amide bonds. The molecule has 14 heteroatoms. The Kier molecular flexibility index (Phi) is 7.97. The number of pyridine rings is 1. The normalized spacial score (nSPS) is 11.7. The first kappa shape index (κ1) is 27.7. The molecule has 39 heavy (non-hydrogen) atoms. The Morgan fingerprint density at radius 3 is 2.74 bits per heavy atom. The Hall–Kier alpha value is -4.30. The lowest BCUT2D eigenvalue weighted by molar-refractivity contribution is -0.898. The molecule has 4 rings (SSSR count). The molecule has 202 valence electrons. The fourth-order valence-corrected chi connectivity index (χ4v) is 4.26. The number of hydrogen-bond donors (Lipinski definition) is 2. The number of hydrogen-bond acceptors (Lipinski definition) is 8. The maximum atomic E-state index is 13.6. The van der Waals surface area contributed by atoms with Crippen LogP contribution >= 0.6 is 15.9 Å². The van der Waals surface area contributed by atoms with Crippen LogP contribution in [0.3, 0.4) is 0 Å². The van der Waals surface area contributed by atoms with E-state index in [2.05, 4.69) is 46.5 Å². The van der Waals surface area contributed by atoms with Crippen molar-refractivity contribution in [1.29, 1.82) is 0 Å². The van der Waals surface area contributed by atoms with E-state index in [1.54, 1.807) is 42.8 Å². The first-order chi connectivity index (χ1) is 18.4. The predicted octanol–water partition coefficient (Wildman–Crippen LogP) is 4.39. The molecule has 0 radical (unpaired) electrons. The van der Waals surface area contributed by atoms with Gasteiger partial charge in [-0.2, -0.15) is 0 Å². The summed E-state index contributed by atoms with van der Waals surface area (Å²) in [7, 11) is 5.57. The van der Waals surface area contributed by atoms with E-state index in [-0.39, 0.29) is 11.6 Å². The van der Waals surface area contributed by atoms with E-state index in [1.807, 2.05) is 14.1 Å². The van der Waals surface area contributed by atoms with Gasteiger partial charge in [0.15, 0.2) is 5.69 Å². The number of benzene rings is 1. The monoisotopic (exact) mass is 598 g/mol. The third-order valence-corrected chi connectivity index (χ3v) is 6.60. The number of amides is 1. The predicted molar refractivity (Wildman–Crippen MR) is 148 cm³/mol. The van der Waals surface area contributed by atoms with Crippen LogP contribution in [-0.4, -0.2) is 60.5 Å². The second kappa shape index (κ2) is 11.2. The van der Waals surface area contributed by atoms with Gasteiger partial charge >= 0.3 is 5.82 Å². The van der Waals surface area contributed by atoms with Crippen molar-refractivity contribution in [2.24, 2.45) is 7.05 Å². The number of fused-ring (bicyclic) bond motifs is 1. The summed E-state index contributed by atoms with van der Waals surface area (Å²) in [5.41, 5.74) is 1.68. The minimum absolute atomic E-state index is 0.157. The second-order valence-corrected chi connectivity index (χ2v) is 10.3. The number of likely N-dealkylation sites (N-methyl/N-ethyl adjacent to an activating group) is 1. The van der Waals surface area contributed by atoms with E-state index in [4.69, 9.17) is 0 Å². The van der Waals surface area contributed by atoms with Crippen LogP contribution in [-0.2, 0) is 18.4 Å². The van der Waals surface area contributed by atoms with Gasteiger partial charge in [-0.05, 0) is 56.2 Å². The molecule has 3 aromatic heterocycles. The molecular formula is C25H26BrFN9O3+. The van der Waals surface area contributed by atoms with Crippen molar-refractivity contribution in [2.45, 2.75) is 13.5 Å². The zero-order valence-corrected chi connectivity index (χ0v) is 23.2. The summed E-state index contributed by atoms with van der Waals surface area (Å²) in [6.07, 6.45) is 6.00. The first-order valence-corrected chi connectivity index (χ1v) is 12.5. The molecular weight excluding hydrogens is 573 g/mol. The van der Waals surface area contributed by atoms with Gasteiger partial charge in [0.05, 0.1) is 36.8 Å². The molecule has 4 aromatic rings. The number of quaternary nitrogens is 1. The van der Waals surface area contributed by atoms with Gasteiger partial charge in [-0.3, -0.25) is 4.79 Å². The van der Waals surface area contributed by atoms with Crippen molar-refractivity contribution < 1.29 is 18.6 Å². The molecule has 0 fully saturated rings. The maximum absolute atomic E-state index is 13.6. The summed E-state index contributed by atoms with van der Waals surface area (Å²) in [5.74, 6) is 0.387. The van der Waals surface area contributed by atoms with Crippen molar-refractivity contribution in [3.8, 4) is 0 Å². The molecule has 0 bridgehead atoms. The lowest BCUT2D eigenvalue weighted by atomic mass is 10.2. The largest absolute Gasteiger partial charge is 0.391 e. The Bertz CT molecular complexity index is 1600. The van der Waals surface area contributed by atoms with E-state index in [0.717, 1.165) is 0 Å². The van der Waals surface area contributed by atoms with Crippen LogP contribution in [0.15, 0.2) is 53.4 Å². The number of anilines is 3. The van der Waals surface area contributed by atoms with Crippen LogP contribution in [0.1, 0.15) is 11.5 Å². The topological polar surface area (TPSA) is 141 Å². The molecule has 0 saturated heterocycles. The number of halogens is 2. The minimum atomic E-state index is -0.479. The fourth-order valence-electron chi connectivity index (χ4n) is 3.88. The van der Waals surface area contributed by atoms with Gasteiger partial charge in [0, 0.05) is 31.1 Å². The third-order valence-electron chi connectivity index (χ3n) is 5.99. The van der Waals surface area contributed by atoms with Gasteiger partial charge in [-0.1, -0.05) is 0 Å². The number of aromatic nitrogens is 5. The highest BCUT2D eigenvalue weighted by Gasteiger charge is 2.29. The number of nitro groups is 1. The molecule has 0 unspecified atom stereocenters. The first-order valence-electron chi connectivity index (χ1n) is 11.7. The third kappa shape index (κ3) is 6.59. The summed E-state index contributed by atoms with van der Waals surface area (Å²) >= 11 is 3.17. The summed E-state index contributed by atoms with van der Waals surface area (Å²) < 4.78 is 16.0. The highest BCUT2D eigenvalue weighted by atomic mass is 79.9. The lowest BCUT2D eigenvalue weighted by Crippen LogP contribution is -2.39. The van der Waals surface area contributed by atoms with Crippen LogP contribution in [0.4, 0.5) is 27.5 Å². The Morgan fingerprint density at radius 2 is 2.03 bits per heavy atom. The highest BCUT2D eigenvalue weighted by molar-refractivity contribution is 9.10. The molecule has 0 aliphatic rings. The molecule has 12 nitrogen and oxygen atoms in total. The van der Waals surface area contributed by atoms with Gasteiger partial charge in [0.1, 0.15) is 30.3 Å². The van der Waals surface area contributed by atoms with Crippen LogP contribution < -0.4 is 10.6 Å². The Morgan fingerprint density at radius 1 is 1.26 bits per heavy atom. The van der Waals surface area contributed by atoms with E-state index in [1.165, 1.54) is 24.7 Å². The smallest absolute Gasteiger partial charge is 0.358 e. The summed E-state index contributed by atoms with van der Waals surface area (Å²) in [4.78, 5) is 40.3. The average molecular weight is 599 g/mol. The van der Waals surface area contributed by atoms with Gasteiger partial charge < -0.3 is 29.8 Å². The molecule has 3 heterocycles. The number of carbonyl (C=O) groups is 1. The van der Waals surface area contributed by atoms with E-state index in [0.29, 0.717) is 61.8 Å².